The van der Waals surface area contributed by atoms with Gasteiger partial charge in [0, 0.05) is 18.7 Å². The second kappa shape index (κ2) is 7.01. The van der Waals surface area contributed by atoms with Gasteiger partial charge in [0.25, 0.3) is 0 Å². The number of nitrogens with one attached hydrogen (secondary N) is 1. The molecule has 1 N–H and O–H groups in total. The molecule has 1 amide bonds. The lowest BCUT2D eigenvalue weighted by Gasteiger charge is -2.10. The monoisotopic (exact) mass is 371 g/mol. The van der Waals surface area contributed by atoms with Crippen LogP contribution in [0.15, 0.2) is 65.6 Å². The number of para-hydroxylation sites is 1. The summed E-state index contributed by atoms with van der Waals surface area (Å²) in [4.78, 5) is 11.0. The lowest BCUT2D eigenvalue weighted by molar-refractivity contribution is -0.114. The molecular weight excluding hydrogens is 354 g/mol. The summed E-state index contributed by atoms with van der Waals surface area (Å²) in [5.41, 5.74) is 1.81. The Kier molecular flexibility index (Phi) is 4.77. The SMILES string of the molecule is CC(=O)Nc1ccc(S(=O)(=O)Oc2cc(C)nn2-c2ccccc2)cc1. The Hall–Kier alpha value is -3.13. The molecule has 0 bridgehead atoms. The van der Waals surface area contributed by atoms with Crippen LogP contribution in [0, 0.1) is 6.92 Å². The number of hydrogen-bond donors (Lipinski definition) is 1. The number of nitrogens with zero attached hydrogens (tertiary/aromatic N) is 2. The third kappa shape index (κ3) is 3.92. The minimum Gasteiger partial charge on any atom is -0.358 e. The van der Waals surface area contributed by atoms with Crippen molar-refractivity contribution in [2.45, 2.75) is 18.7 Å². The fraction of sp³-hybridized carbons (Fsp3) is 0.111. The largest absolute Gasteiger partial charge is 0.358 e. The summed E-state index contributed by atoms with van der Waals surface area (Å²) >= 11 is 0. The average molecular weight is 371 g/mol. The van der Waals surface area contributed by atoms with Gasteiger partial charge in [0.05, 0.1) is 11.4 Å². The van der Waals surface area contributed by atoms with Gasteiger partial charge in [-0.2, -0.15) is 18.2 Å². The zero-order chi connectivity index (χ0) is 18.7. The Morgan fingerprint density at radius 2 is 1.73 bits per heavy atom. The number of rotatable bonds is 5. The summed E-state index contributed by atoms with van der Waals surface area (Å²) in [6, 6.07) is 16.4. The number of aromatic nitrogens is 2. The van der Waals surface area contributed by atoms with Gasteiger partial charge >= 0.3 is 10.1 Å². The Morgan fingerprint density at radius 3 is 2.35 bits per heavy atom. The van der Waals surface area contributed by atoms with E-state index >= 15 is 0 Å². The Morgan fingerprint density at radius 1 is 1.08 bits per heavy atom. The van der Waals surface area contributed by atoms with Crippen LogP contribution in [0.5, 0.6) is 5.88 Å². The van der Waals surface area contributed by atoms with Crippen LogP contribution >= 0.6 is 0 Å². The Balaban J connectivity index is 1.90. The zero-order valence-corrected chi connectivity index (χ0v) is 15.0. The summed E-state index contributed by atoms with van der Waals surface area (Å²) in [6.07, 6.45) is 0. The maximum Gasteiger partial charge on any atom is 0.340 e. The first-order valence-corrected chi connectivity index (χ1v) is 9.20. The third-order valence-corrected chi connectivity index (χ3v) is 4.70. The fourth-order valence-electron chi connectivity index (χ4n) is 2.36. The molecule has 1 heterocycles. The molecule has 0 spiro atoms. The van der Waals surface area contributed by atoms with E-state index in [0.717, 1.165) is 0 Å². The van der Waals surface area contributed by atoms with Crippen LogP contribution in [-0.4, -0.2) is 24.1 Å². The number of anilines is 1. The van der Waals surface area contributed by atoms with Crippen molar-refractivity contribution in [3.63, 3.8) is 0 Å². The van der Waals surface area contributed by atoms with Gasteiger partial charge in [0.1, 0.15) is 4.90 Å². The molecule has 0 aliphatic heterocycles. The van der Waals surface area contributed by atoms with Gasteiger partial charge in [-0.25, -0.2) is 0 Å². The van der Waals surface area contributed by atoms with E-state index < -0.39 is 10.1 Å². The van der Waals surface area contributed by atoms with Crippen molar-refractivity contribution in [3.8, 4) is 11.6 Å². The van der Waals surface area contributed by atoms with Crippen LogP contribution in [0.1, 0.15) is 12.6 Å². The summed E-state index contributed by atoms with van der Waals surface area (Å²) < 4.78 is 31.9. The van der Waals surface area contributed by atoms with Crippen LogP contribution in [0.25, 0.3) is 5.69 Å². The quantitative estimate of drug-likeness (QED) is 0.697. The van der Waals surface area contributed by atoms with Crippen LogP contribution in [0.3, 0.4) is 0 Å². The highest BCUT2D eigenvalue weighted by Crippen LogP contribution is 2.24. The van der Waals surface area contributed by atoms with Gasteiger partial charge in [-0.3, -0.25) is 4.79 Å². The topological polar surface area (TPSA) is 90.3 Å². The van der Waals surface area contributed by atoms with E-state index in [1.54, 1.807) is 25.1 Å². The molecule has 3 rings (SSSR count). The summed E-state index contributed by atoms with van der Waals surface area (Å²) in [7, 11) is -4.05. The standard InChI is InChI=1S/C18H17N3O4S/c1-13-12-18(21(20-13)16-6-4-3-5-7-16)25-26(23,24)17-10-8-15(9-11-17)19-14(2)22/h3-12H,1-2H3,(H,19,22). The Bertz CT molecular complexity index is 1030. The predicted octanol–water partition coefficient (Wildman–Crippen LogP) is 2.91. The van der Waals surface area contributed by atoms with Crippen LogP contribution in [0.4, 0.5) is 5.69 Å². The van der Waals surface area contributed by atoms with Crippen molar-refractivity contribution in [2.75, 3.05) is 5.32 Å². The number of benzene rings is 2. The normalized spacial score (nSPS) is 11.2. The smallest absolute Gasteiger partial charge is 0.340 e. The van der Waals surface area contributed by atoms with Crippen LogP contribution in [0.2, 0.25) is 0 Å². The van der Waals surface area contributed by atoms with Gasteiger partial charge in [-0.1, -0.05) is 18.2 Å². The number of carbonyl (C=O) groups excluding carboxylic acids is 1. The highest BCUT2D eigenvalue weighted by Gasteiger charge is 2.20. The molecule has 0 aliphatic carbocycles. The molecule has 0 saturated carbocycles. The molecule has 8 heteroatoms. The first-order valence-electron chi connectivity index (χ1n) is 7.79. The van der Waals surface area contributed by atoms with Gasteiger partial charge in [-0.15, -0.1) is 0 Å². The van der Waals surface area contributed by atoms with Gasteiger partial charge in [0.15, 0.2) is 0 Å². The molecule has 0 atom stereocenters. The minimum atomic E-state index is -4.05. The lowest BCUT2D eigenvalue weighted by Crippen LogP contribution is -2.13. The molecule has 7 nitrogen and oxygen atoms in total. The highest BCUT2D eigenvalue weighted by molar-refractivity contribution is 7.87. The van der Waals surface area contributed by atoms with Crippen molar-refractivity contribution in [3.05, 3.63) is 66.4 Å². The van der Waals surface area contributed by atoms with E-state index in [4.69, 9.17) is 4.18 Å². The number of carbonyl (C=O) groups is 1. The summed E-state index contributed by atoms with van der Waals surface area (Å²) in [5, 5.41) is 6.86. The van der Waals surface area contributed by atoms with E-state index in [-0.39, 0.29) is 16.7 Å². The molecule has 0 unspecified atom stereocenters. The molecule has 3 aromatic rings. The molecule has 0 aliphatic rings. The number of hydrogen-bond acceptors (Lipinski definition) is 5. The van der Waals surface area contributed by atoms with Crippen molar-refractivity contribution in [2.24, 2.45) is 0 Å². The van der Waals surface area contributed by atoms with E-state index in [1.807, 2.05) is 18.2 Å². The van der Waals surface area contributed by atoms with Crippen LogP contribution < -0.4 is 9.50 Å². The van der Waals surface area contributed by atoms with E-state index in [1.165, 1.54) is 35.9 Å². The third-order valence-electron chi connectivity index (χ3n) is 3.46. The molecule has 134 valence electrons. The minimum absolute atomic E-state index is 0.0231. The molecule has 0 fully saturated rings. The summed E-state index contributed by atoms with van der Waals surface area (Å²) in [6.45, 7) is 3.13. The molecule has 2 aromatic carbocycles. The van der Waals surface area contributed by atoms with Crippen LogP contribution in [-0.2, 0) is 14.9 Å². The first kappa shape index (κ1) is 17.7. The van der Waals surface area contributed by atoms with Crippen molar-refractivity contribution < 1.29 is 17.4 Å². The number of aryl methyl sites for hydroxylation is 1. The fourth-order valence-corrected chi connectivity index (χ4v) is 3.27. The van der Waals surface area contributed by atoms with E-state index in [0.29, 0.717) is 17.1 Å². The number of amides is 1. The molecule has 0 saturated heterocycles. The second-order valence-electron chi connectivity index (χ2n) is 5.61. The molecular formula is C18H17N3O4S. The second-order valence-corrected chi connectivity index (χ2v) is 7.16. The molecule has 26 heavy (non-hydrogen) atoms. The molecule has 0 radical (unpaired) electrons. The lowest BCUT2D eigenvalue weighted by atomic mass is 10.3. The molecule has 1 aromatic heterocycles. The first-order chi connectivity index (χ1) is 12.3. The van der Waals surface area contributed by atoms with E-state index in [9.17, 15) is 13.2 Å². The zero-order valence-electron chi connectivity index (χ0n) is 14.2. The predicted molar refractivity (Wildman–Crippen MR) is 96.9 cm³/mol. The van der Waals surface area contributed by atoms with Crippen molar-refractivity contribution in [1.82, 2.24) is 9.78 Å². The summed E-state index contributed by atoms with van der Waals surface area (Å²) in [5.74, 6) is -0.140. The van der Waals surface area contributed by atoms with Crippen molar-refractivity contribution in [1.29, 1.82) is 0 Å². The Labute approximate surface area is 151 Å². The maximum atomic E-state index is 12.6. The van der Waals surface area contributed by atoms with Gasteiger partial charge < -0.3 is 9.50 Å². The average Bonchev–Trinajstić information content (AvgIpc) is 2.95. The van der Waals surface area contributed by atoms with Crippen molar-refractivity contribution >= 4 is 21.7 Å². The van der Waals surface area contributed by atoms with Gasteiger partial charge in [0.2, 0.25) is 11.8 Å². The maximum absolute atomic E-state index is 12.6. The highest BCUT2D eigenvalue weighted by atomic mass is 32.2. The van der Waals surface area contributed by atoms with E-state index in [2.05, 4.69) is 10.4 Å². The van der Waals surface area contributed by atoms with Gasteiger partial charge in [-0.05, 0) is 43.3 Å².